The number of aromatic amines is 1. The van der Waals surface area contributed by atoms with Crippen molar-refractivity contribution in [3.63, 3.8) is 0 Å². The van der Waals surface area contributed by atoms with Gasteiger partial charge in [0.15, 0.2) is 0 Å². The van der Waals surface area contributed by atoms with Gasteiger partial charge in [-0.2, -0.15) is 5.26 Å². The van der Waals surface area contributed by atoms with E-state index in [0.29, 0.717) is 27.9 Å². The number of H-pyrrole nitrogens is 1. The number of para-hydroxylation sites is 1. The first-order valence-electron chi connectivity index (χ1n) is 9.56. The Bertz CT molecular complexity index is 1370. The SMILES string of the molecule is CN(Cc1nc2ccccc2c(=O)[nH]1)C(=O)c1ccccc1Sc1ccccc1C#N. The fourth-order valence-corrected chi connectivity index (χ4v) is 4.23. The number of nitrogens with one attached hydrogen (secondary N) is 1. The van der Waals surface area contributed by atoms with Crippen molar-refractivity contribution in [3.05, 3.63) is 100 Å². The molecule has 0 atom stereocenters. The molecule has 6 nitrogen and oxygen atoms in total. The minimum Gasteiger partial charge on any atom is -0.334 e. The zero-order chi connectivity index (χ0) is 21.8. The van der Waals surface area contributed by atoms with E-state index in [0.717, 1.165) is 9.79 Å². The van der Waals surface area contributed by atoms with Crippen molar-refractivity contribution in [1.29, 1.82) is 5.26 Å². The first-order valence-corrected chi connectivity index (χ1v) is 10.4. The number of rotatable bonds is 5. The van der Waals surface area contributed by atoms with Crippen molar-refractivity contribution < 1.29 is 4.79 Å². The molecule has 152 valence electrons. The molecule has 7 heteroatoms. The van der Waals surface area contributed by atoms with E-state index in [1.165, 1.54) is 16.7 Å². The Hall–Kier alpha value is -3.89. The molecule has 0 unspecified atom stereocenters. The Morgan fingerprint density at radius 3 is 2.52 bits per heavy atom. The molecule has 1 heterocycles. The number of carbonyl (C=O) groups excluding carboxylic acids is 1. The predicted molar refractivity (Wildman–Crippen MR) is 120 cm³/mol. The molecule has 0 aliphatic heterocycles. The summed E-state index contributed by atoms with van der Waals surface area (Å²) in [6.07, 6.45) is 0. The van der Waals surface area contributed by atoms with Gasteiger partial charge >= 0.3 is 0 Å². The van der Waals surface area contributed by atoms with Crippen LogP contribution in [0.1, 0.15) is 21.7 Å². The largest absolute Gasteiger partial charge is 0.334 e. The normalized spacial score (nSPS) is 10.6. The smallest absolute Gasteiger partial charge is 0.258 e. The molecule has 31 heavy (non-hydrogen) atoms. The number of benzene rings is 3. The van der Waals surface area contributed by atoms with E-state index in [2.05, 4.69) is 16.0 Å². The molecule has 0 spiro atoms. The third-order valence-corrected chi connectivity index (χ3v) is 5.89. The third kappa shape index (κ3) is 4.34. The Balaban J connectivity index is 1.60. The van der Waals surface area contributed by atoms with Crippen LogP contribution in [0, 0.1) is 11.3 Å². The van der Waals surface area contributed by atoms with Gasteiger partial charge in [0.05, 0.1) is 28.6 Å². The molecule has 1 aromatic heterocycles. The van der Waals surface area contributed by atoms with Gasteiger partial charge in [0, 0.05) is 16.8 Å². The van der Waals surface area contributed by atoms with Crippen LogP contribution in [-0.2, 0) is 6.54 Å². The van der Waals surface area contributed by atoms with E-state index in [-0.39, 0.29) is 18.0 Å². The molecule has 0 radical (unpaired) electrons. The van der Waals surface area contributed by atoms with Gasteiger partial charge in [0.2, 0.25) is 0 Å². The molecular weight excluding hydrogens is 408 g/mol. The number of hydrogen-bond acceptors (Lipinski definition) is 5. The lowest BCUT2D eigenvalue weighted by atomic mass is 10.2. The van der Waals surface area contributed by atoms with Crippen LogP contribution in [0.5, 0.6) is 0 Å². The summed E-state index contributed by atoms with van der Waals surface area (Å²) in [4.78, 5) is 35.8. The number of hydrogen-bond donors (Lipinski definition) is 1. The molecular formula is C24H18N4O2S. The second-order valence-electron chi connectivity index (χ2n) is 6.90. The van der Waals surface area contributed by atoms with E-state index in [4.69, 9.17) is 0 Å². The number of nitriles is 1. The number of aromatic nitrogens is 2. The van der Waals surface area contributed by atoms with Crippen molar-refractivity contribution in [2.24, 2.45) is 0 Å². The molecule has 0 bridgehead atoms. The highest BCUT2D eigenvalue weighted by Gasteiger charge is 2.18. The average Bonchev–Trinajstić information content (AvgIpc) is 2.79. The van der Waals surface area contributed by atoms with Crippen LogP contribution in [-0.4, -0.2) is 27.8 Å². The Morgan fingerprint density at radius 1 is 1.03 bits per heavy atom. The van der Waals surface area contributed by atoms with Crippen molar-refractivity contribution >= 4 is 28.6 Å². The Kier molecular flexibility index (Phi) is 5.83. The van der Waals surface area contributed by atoms with Crippen LogP contribution >= 0.6 is 11.8 Å². The summed E-state index contributed by atoms with van der Waals surface area (Å²) in [6, 6.07) is 23.8. The van der Waals surface area contributed by atoms with Gasteiger partial charge < -0.3 is 9.88 Å². The number of fused-ring (bicyclic) bond motifs is 1. The maximum Gasteiger partial charge on any atom is 0.258 e. The molecule has 4 aromatic rings. The summed E-state index contributed by atoms with van der Waals surface area (Å²) in [5.41, 5.74) is 1.43. The van der Waals surface area contributed by atoms with Gasteiger partial charge in [0.25, 0.3) is 11.5 Å². The summed E-state index contributed by atoms with van der Waals surface area (Å²) >= 11 is 1.38. The highest BCUT2D eigenvalue weighted by Crippen LogP contribution is 2.33. The highest BCUT2D eigenvalue weighted by molar-refractivity contribution is 7.99. The van der Waals surface area contributed by atoms with Crippen LogP contribution in [0.2, 0.25) is 0 Å². The van der Waals surface area contributed by atoms with Crippen molar-refractivity contribution in [3.8, 4) is 6.07 Å². The maximum absolute atomic E-state index is 13.2. The Labute approximate surface area is 183 Å². The first kappa shape index (κ1) is 20.4. The van der Waals surface area contributed by atoms with Crippen LogP contribution in [0.25, 0.3) is 10.9 Å². The van der Waals surface area contributed by atoms with Gasteiger partial charge in [-0.15, -0.1) is 0 Å². The second kappa shape index (κ2) is 8.86. The van der Waals surface area contributed by atoms with E-state index in [1.807, 2.05) is 36.4 Å². The fraction of sp³-hybridized carbons (Fsp3) is 0.0833. The fourth-order valence-electron chi connectivity index (χ4n) is 3.21. The molecule has 0 fully saturated rings. The van der Waals surface area contributed by atoms with E-state index in [1.54, 1.807) is 43.4 Å². The highest BCUT2D eigenvalue weighted by atomic mass is 32.2. The lowest BCUT2D eigenvalue weighted by Gasteiger charge is -2.18. The molecule has 0 aliphatic rings. The molecule has 0 aliphatic carbocycles. The molecule has 4 rings (SSSR count). The summed E-state index contributed by atoms with van der Waals surface area (Å²) in [7, 11) is 1.67. The summed E-state index contributed by atoms with van der Waals surface area (Å²) in [5, 5.41) is 9.86. The lowest BCUT2D eigenvalue weighted by molar-refractivity contribution is 0.0778. The molecule has 0 saturated heterocycles. The van der Waals surface area contributed by atoms with E-state index in [9.17, 15) is 14.9 Å². The van der Waals surface area contributed by atoms with Gasteiger partial charge in [-0.1, -0.05) is 48.2 Å². The Morgan fingerprint density at radius 2 is 1.71 bits per heavy atom. The minimum atomic E-state index is -0.231. The van der Waals surface area contributed by atoms with Crippen LogP contribution in [0.3, 0.4) is 0 Å². The first-order chi connectivity index (χ1) is 15.1. The number of nitrogens with zero attached hydrogens (tertiary/aromatic N) is 3. The summed E-state index contributed by atoms with van der Waals surface area (Å²) in [5.74, 6) is 0.216. The summed E-state index contributed by atoms with van der Waals surface area (Å²) < 4.78 is 0. The average molecular weight is 427 g/mol. The predicted octanol–water partition coefficient (Wildman–Crippen LogP) is 4.22. The zero-order valence-electron chi connectivity index (χ0n) is 16.7. The second-order valence-corrected chi connectivity index (χ2v) is 7.98. The van der Waals surface area contributed by atoms with Gasteiger partial charge in [0.1, 0.15) is 11.9 Å². The summed E-state index contributed by atoms with van der Waals surface area (Å²) in [6.45, 7) is 0.159. The van der Waals surface area contributed by atoms with Crippen molar-refractivity contribution in [2.45, 2.75) is 16.3 Å². The quantitative estimate of drug-likeness (QED) is 0.516. The minimum absolute atomic E-state index is 0.159. The van der Waals surface area contributed by atoms with E-state index < -0.39 is 0 Å². The molecule has 1 N–H and O–H groups in total. The monoisotopic (exact) mass is 426 g/mol. The third-order valence-electron chi connectivity index (χ3n) is 4.74. The van der Waals surface area contributed by atoms with Crippen LogP contribution in [0.15, 0.2) is 87.4 Å². The zero-order valence-corrected chi connectivity index (χ0v) is 17.5. The number of carbonyl (C=O) groups is 1. The number of amides is 1. The maximum atomic E-state index is 13.2. The van der Waals surface area contributed by atoms with Gasteiger partial charge in [-0.25, -0.2) is 4.98 Å². The van der Waals surface area contributed by atoms with Crippen molar-refractivity contribution in [2.75, 3.05) is 7.05 Å². The molecule has 0 saturated carbocycles. The van der Waals surface area contributed by atoms with Crippen LogP contribution < -0.4 is 5.56 Å². The standard InChI is InChI=1S/C24H18N4O2S/c1-28(15-22-26-19-11-5-3-9-17(19)23(29)27-22)24(30)18-10-4-7-13-21(18)31-20-12-6-2-8-16(20)14-25/h2-13H,15H2,1H3,(H,26,27,29). The molecule has 1 amide bonds. The van der Waals surface area contributed by atoms with Crippen molar-refractivity contribution in [1.82, 2.24) is 14.9 Å². The lowest BCUT2D eigenvalue weighted by Crippen LogP contribution is -2.28. The van der Waals surface area contributed by atoms with Crippen LogP contribution in [0.4, 0.5) is 0 Å². The molecule has 3 aromatic carbocycles. The van der Waals surface area contributed by atoms with E-state index >= 15 is 0 Å². The topological polar surface area (TPSA) is 89.8 Å². The van der Waals surface area contributed by atoms with Gasteiger partial charge in [-0.3, -0.25) is 9.59 Å². The van der Waals surface area contributed by atoms with Gasteiger partial charge in [-0.05, 0) is 36.4 Å².